The highest BCUT2D eigenvalue weighted by Gasteiger charge is 2.23. The minimum absolute atomic E-state index is 0.0867. The number of carbonyl (C=O) groups excluding carboxylic acids is 1. The molecular weight excluding hydrogens is 565 g/mol. The maximum atomic E-state index is 13.2. The summed E-state index contributed by atoms with van der Waals surface area (Å²) >= 11 is 12.4. The maximum Gasteiger partial charge on any atom is 0.298 e. The number of aryl methyl sites for hydroxylation is 1. The Labute approximate surface area is 234 Å². The van der Waals surface area contributed by atoms with E-state index in [0.717, 1.165) is 0 Å². The van der Waals surface area contributed by atoms with Crippen LogP contribution in [0.3, 0.4) is 0 Å². The number of phenols is 1. The van der Waals surface area contributed by atoms with E-state index in [0.29, 0.717) is 45.8 Å². The molecule has 0 unspecified atom stereocenters. The summed E-state index contributed by atoms with van der Waals surface area (Å²) in [7, 11) is -4.75. The number of ether oxygens (including phenoxy) is 1. The van der Waals surface area contributed by atoms with Gasteiger partial charge in [-0.25, -0.2) is 0 Å². The van der Waals surface area contributed by atoms with Crippen LogP contribution in [0.2, 0.25) is 10.0 Å². The molecule has 4 aromatic rings. The highest BCUT2D eigenvalue weighted by Crippen LogP contribution is 2.41. The van der Waals surface area contributed by atoms with Crippen molar-refractivity contribution in [1.82, 2.24) is 0 Å². The van der Waals surface area contributed by atoms with Crippen molar-refractivity contribution in [2.75, 3.05) is 11.9 Å². The monoisotopic (exact) mass is 587 g/mol. The van der Waals surface area contributed by atoms with Crippen LogP contribution in [0.5, 0.6) is 11.5 Å². The van der Waals surface area contributed by atoms with E-state index in [2.05, 4.69) is 15.5 Å². The second-order valence-electron chi connectivity index (χ2n) is 8.32. The van der Waals surface area contributed by atoms with Gasteiger partial charge >= 0.3 is 0 Å². The third-order valence-corrected chi connectivity index (χ3v) is 7.42. The zero-order valence-corrected chi connectivity index (χ0v) is 23.1. The normalized spacial score (nSPS) is 11.7. The van der Waals surface area contributed by atoms with Gasteiger partial charge in [-0.15, -0.1) is 10.2 Å². The molecule has 0 fully saturated rings. The molecule has 3 N–H and O–H groups in total. The zero-order chi connectivity index (χ0) is 28.3. The molecule has 0 heterocycles. The van der Waals surface area contributed by atoms with Crippen molar-refractivity contribution in [3.05, 3.63) is 81.8 Å². The van der Waals surface area contributed by atoms with Crippen LogP contribution in [0.15, 0.2) is 75.8 Å². The molecule has 39 heavy (non-hydrogen) atoms. The first kappa shape index (κ1) is 28.3. The van der Waals surface area contributed by atoms with Gasteiger partial charge in [0, 0.05) is 22.2 Å². The molecule has 0 atom stereocenters. The number of nitrogens with one attached hydrogen (secondary N) is 1. The first-order valence-electron chi connectivity index (χ1n) is 11.7. The number of aromatic hydroxyl groups is 1. The molecule has 4 rings (SSSR count). The third-order valence-electron chi connectivity index (χ3n) is 5.73. The predicted molar refractivity (Wildman–Crippen MR) is 151 cm³/mol. The second kappa shape index (κ2) is 11.6. The Kier molecular flexibility index (Phi) is 8.41. The number of rotatable bonds is 8. The largest absolute Gasteiger partial charge is 0.505 e. The number of halogens is 2. The molecule has 0 aromatic heterocycles. The first-order valence-corrected chi connectivity index (χ1v) is 13.9. The molecule has 0 aliphatic rings. The lowest BCUT2D eigenvalue weighted by Gasteiger charge is -2.13. The quantitative estimate of drug-likeness (QED) is 0.142. The van der Waals surface area contributed by atoms with Crippen LogP contribution in [-0.2, 0) is 16.5 Å². The molecule has 4 aromatic carbocycles. The number of benzene rings is 4. The van der Waals surface area contributed by atoms with Gasteiger partial charge in [0.15, 0.2) is 5.75 Å². The summed E-state index contributed by atoms with van der Waals surface area (Å²) in [6.45, 7) is 3.99. The number of hydrogen-bond acceptors (Lipinski definition) is 7. The Morgan fingerprint density at radius 3 is 2.46 bits per heavy atom. The summed E-state index contributed by atoms with van der Waals surface area (Å²) in [6, 6.07) is 16.0. The minimum atomic E-state index is -4.75. The van der Waals surface area contributed by atoms with Gasteiger partial charge in [0.05, 0.1) is 17.2 Å². The number of carbonyl (C=O) groups is 1. The second-order valence-corrected chi connectivity index (χ2v) is 10.5. The molecule has 0 saturated heterocycles. The van der Waals surface area contributed by atoms with Crippen LogP contribution in [0.4, 0.5) is 17.1 Å². The summed E-state index contributed by atoms with van der Waals surface area (Å²) in [5.41, 5.74) is 0.394. The first-order chi connectivity index (χ1) is 18.5. The summed E-state index contributed by atoms with van der Waals surface area (Å²) in [5, 5.41) is 23.1. The van der Waals surface area contributed by atoms with Crippen LogP contribution in [0.25, 0.3) is 10.8 Å². The molecular formula is C27H23Cl2N3O6S. The number of azo groups is 1. The lowest BCUT2D eigenvalue weighted by atomic mass is 10.0. The van der Waals surface area contributed by atoms with Crippen molar-refractivity contribution in [2.24, 2.45) is 10.2 Å². The molecule has 0 aliphatic carbocycles. The van der Waals surface area contributed by atoms with Gasteiger partial charge in [0.25, 0.3) is 16.0 Å². The summed E-state index contributed by atoms with van der Waals surface area (Å²) in [4.78, 5) is 12.6. The fraction of sp³-hybridized carbons (Fsp3) is 0.148. The van der Waals surface area contributed by atoms with Crippen molar-refractivity contribution in [3.8, 4) is 11.5 Å². The summed E-state index contributed by atoms with van der Waals surface area (Å²) in [6.07, 6.45) is 0.417. The lowest BCUT2D eigenvalue weighted by molar-refractivity contribution is 0.102. The summed E-state index contributed by atoms with van der Waals surface area (Å²) in [5.74, 6) is -0.694. The van der Waals surface area contributed by atoms with Gasteiger partial charge in [-0.05, 0) is 48.6 Å². The fourth-order valence-corrected chi connectivity index (χ4v) is 5.50. The van der Waals surface area contributed by atoms with Crippen LogP contribution in [0.1, 0.15) is 29.8 Å². The molecule has 0 aliphatic heterocycles. The van der Waals surface area contributed by atoms with Gasteiger partial charge in [-0.1, -0.05) is 60.5 Å². The van der Waals surface area contributed by atoms with Crippen molar-refractivity contribution in [2.45, 2.75) is 25.2 Å². The molecule has 12 heteroatoms. The van der Waals surface area contributed by atoms with Gasteiger partial charge in [0.1, 0.15) is 22.0 Å². The van der Waals surface area contributed by atoms with Crippen molar-refractivity contribution in [1.29, 1.82) is 0 Å². The SMILES string of the molecule is CCOc1cc(Cl)cc(NC(=O)c2cc3ccccc3c(N=Nc3ccc(CC)c(Cl)c3S(=O)(=O)O)c2O)c1. The van der Waals surface area contributed by atoms with E-state index in [1.807, 2.05) is 6.92 Å². The number of nitrogens with zero attached hydrogens (tertiary/aromatic N) is 2. The predicted octanol–water partition coefficient (Wildman–Crippen LogP) is 7.73. The van der Waals surface area contributed by atoms with Crippen molar-refractivity contribution < 1.29 is 27.6 Å². The van der Waals surface area contributed by atoms with E-state index < -0.39 is 26.7 Å². The molecule has 202 valence electrons. The van der Waals surface area contributed by atoms with Crippen LogP contribution < -0.4 is 10.1 Å². The molecule has 0 bridgehead atoms. The van der Waals surface area contributed by atoms with Gasteiger partial charge in [0.2, 0.25) is 0 Å². The third kappa shape index (κ3) is 6.15. The zero-order valence-electron chi connectivity index (χ0n) is 20.8. The molecule has 0 radical (unpaired) electrons. The number of hydrogen-bond donors (Lipinski definition) is 3. The number of anilines is 1. The van der Waals surface area contributed by atoms with Crippen molar-refractivity contribution in [3.63, 3.8) is 0 Å². The van der Waals surface area contributed by atoms with Crippen LogP contribution in [0, 0.1) is 0 Å². The number of fused-ring (bicyclic) bond motifs is 1. The Balaban J connectivity index is 1.81. The Morgan fingerprint density at radius 2 is 1.77 bits per heavy atom. The Bertz CT molecular complexity index is 1720. The van der Waals surface area contributed by atoms with Crippen LogP contribution in [-0.4, -0.2) is 30.6 Å². The number of amides is 1. The highest BCUT2D eigenvalue weighted by molar-refractivity contribution is 7.86. The van der Waals surface area contributed by atoms with E-state index in [-0.39, 0.29) is 22.0 Å². The average molecular weight is 588 g/mol. The highest BCUT2D eigenvalue weighted by atomic mass is 35.5. The molecule has 1 amide bonds. The van der Waals surface area contributed by atoms with Gasteiger partial charge < -0.3 is 15.2 Å². The van der Waals surface area contributed by atoms with Crippen molar-refractivity contribution >= 4 is 67.1 Å². The standard InChI is InChI=1S/C27H23Cl2N3O6S/c1-3-15-9-10-22(26(23(15)29)39(35,36)37)31-32-24-20-8-6-5-7-16(20)11-21(25(24)33)27(34)30-18-12-17(28)13-19(14-18)38-4-2/h5-14,33H,3-4H2,1-2H3,(H,30,34)(H,35,36,37). The lowest BCUT2D eigenvalue weighted by Crippen LogP contribution is -2.12. The average Bonchev–Trinajstić information content (AvgIpc) is 2.87. The van der Waals surface area contributed by atoms with E-state index >= 15 is 0 Å². The van der Waals surface area contributed by atoms with E-state index in [4.69, 9.17) is 27.9 Å². The minimum Gasteiger partial charge on any atom is -0.505 e. The smallest absolute Gasteiger partial charge is 0.298 e. The molecule has 0 saturated carbocycles. The topological polar surface area (TPSA) is 138 Å². The summed E-state index contributed by atoms with van der Waals surface area (Å²) < 4.78 is 39.4. The van der Waals surface area contributed by atoms with E-state index in [1.165, 1.54) is 18.2 Å². The maximum absolute atomic E-state index is 13.2. The van der Waals surface area contributed by atoms with E-state index in [1.54, 1.807) is 49.4 Å². The van der Waals surface area contributed by atoms with Gasteiger partial charge in [-0.3, -0.25) is 9.35 Å². The molecule has 0 spiro atoms. The van der Waals surface area contributed by atoms with Gasteiger partial charge in [-0.2, -0.15) is 8.42 Å². The Hall–Kier alpha value is -3.70. The molecule has 9 nitrogen and oxygen atoms in total. The van der Waals surface area contributed by atoms with E-state index in [9.17, 15) is 22.9 Å². The number of phenolic OH excluding ortho intramolecular Hbond substituents is 1. The Morgan fingerprint density at radius 1 is 1.03 bits per heavy atom. The fourth-order valence-electron chi connectivity index (χ4n) is 3.96. The van der Waals surface area contributed by atoms with Crippen LogP contribution >= 0.6 is 23.2 Å².